The maximum absolute atomic E-state index is 12.6. The van der Waals surface area contributed by atoms with Crippen LogP contribution in [0.25, 0.3) is 0 Å². The van der Waals surface area contributed by atoms with Gasteiger partial charge in [-0.3, -0.25) is 9.79 Å². The van der Waals surface area contributed by atoms with Gasteiger partial charge in [0.05, 0.1) is 27.9 Å². The van der Waals surface area contributed by atoms with E-state index in [0.29, 0.717) is 11.4 Å². The van der Waals surface area contributed by atoms with Gasteiger partial charge < -0.3 is 5.32 Å². The third kappa shape index (κ3) is 5.92. The quantitative estimate of drug-likeness (QED) is 0.416. The summed E-state index contributed by atoms with van der Waals surface area (Å²) >= 11 is 7.54. The van der Waals surface area contributed by atoms with Crippen LogP contribution in [0.15, 0.2) is 70.6 Å². The predicted molar refractivity (Wildman–Crippen MR) is 142 cm³/mol. The maximum atomic E-state index is 12.6. The molecule has 0 radical (unpaired) electrons. The minimum atomic E-state index is -0.0542. The van der Waals surface area contributed by atoms with Crippen molar-refractivity contribution in [2.75, 3.05) is 11.1 Å². The highest BCUT2D eigenvalue weighted by atomic mass is 35.5. The summed E-state index contributed by atoms with van der Waals surface area (Å²) in [6.07, 6.45) is 1.53. The van der Waals surface area contributed by atoms with Crippen LogP contribution in [0.4, 0.5) is 17.1 Å². The Morgan fingerprint density at radius 3 is 2.24 bits per heavy atom. The molecule has 4 nitrogen and oxygen atoms in total. The average Bonchev–Trinajstić information content (AvgIpc) is 2.98. The normalized spacial score (nSPS) is 13.0. The number of amides is 1. The SMILES string of the molecule is CCc1ccc(NC(=O)CSC2=Nc3cc(C)c(C)cc3N=C(c3ccc(Cl)cc3)C2)cc1. The lowest BCUT2D eigenvalue weighted by Gasteiger charge is -2.09. The monoisotopic (exact) mass is 475 g/mol. The van der Waals surface area contributed by atoms with Gasteiger partial charge in [0.25, 0.3) is 0 Å². The Bertz CT molecular complexity index is 1230. The Balaban J connectivity index is 1.55. The van der Waals surface area contributed by atoms with Gasteiger partial charge in [0.2, 0.25) is 5.91 Å². The van der Waals surface area contributed by atoms with Crippen molar-refractivity contribution in [1.82, 2.24) is 0 Å². The lowest BCUT2D eigenvalue weighted by atomic mass is 10.1. The van der Waals surface area contributed by atoms with Crippen molar-refractivity contribution >= 4 is 57.1 Å². The summed E-state index contributed by atoms with van der Waals surface area (Å²) in [6, 6.07) is 19.8. The van der Waals surface area contributed by atoms with E-state index in [4.69, 9.17) is 21.6 Å². The first kappa shape index (κ1) is 23.3. The number of anilines is 1. The Kier molecular flexibility index (Phi) is 7.31. The third-order valence-electron chi connectivity index (χ3n) is 5.60. The molecule has 0 bridgehead atoms. The van der Waals surface area contributed by atoms with Crippen LogP contribution in [0, 0.1) is 13.8 Å². The summed E-state index contributed by atoms with van der Waals surface area (Å²) < 4.78 is 0. The van der Waals surface area contributed by atoms with Crippen LogP contribution in [0.5, 0.6) is 0 Å². The van der Waals surface area contributed by atoms with Crippen molar-refractivity contribution in [2.45, 2.75) is 33.6 Å². The molecule has 0 fully saturated rings. The molecule has 3 aromatic rings. The minimum absolute atomic E-state index is 0.0542. The Hall–Kier alpha value is -2.89. The van der Waals surface area contributed by atoms with E-state index in [0.717, 1.165) is 39.8 Å². The number of hydrogen-bond donors (Lipinski definition) is 1. The number of fused-ring (bicyclic) bond motifs is 1. The molecular weight excluding hydrogens is 450 g/mol. The molecule has 0 spiro atoms. The van der Waals surface area contributed by atoms with Gasteiger partial charge in [-0.15, -0.1) is 11.8 Å². The smallest absolute Gasteiger partial charge is 0.234 e. The van der Waals surface area contributed by atoms with Crippen LogP contribution < -0.4 is 5.32 Å². The molecule has 33 heavy (non-hydrogen) atoms. The molecule has 1 heterocycles. The molecular formula is C27H26ClN3OS. The number of carbonyl (C=O) groups excluding carboxylic acids is 1. The molecule has 168 valence electrons. The van der Waals surface area contributed by atoms with Gasteiger partial charge in [-0.25, -0.2) is 4.99 Å². The highest BCUT2D eigenvalue weighted by Gasteiger charge is 2.17. The fourth-order valence-corrected chi connectivity index (χ4v) is 4.43. The lowest BCUT2D eigenvalue weighted by Crippen LogP contribution is -2.16. The maximum Gasteiger partial charge on any atom is 0.234 e. The van der Waals surface area contributed by atoms with E-state index in [1.165, 1.54) is 28.5 Å². The zero-order chi connectivity index (χ0) is 23.4. The molecule has 1 amide bonds. The van der Waals surface area contributed by atoms with E-state index >= 15 is 0 Å². The molecule has 0 atom stereocenters. The largest absolute Gasteiger partial charge is 0.325 e. The van der Waals surface area contributed by atoms with Gasteiger partial charge in [-0.05, 0) is 78.9 Å². The molecule has 0 saturated heterocycles. The number of rotatable bonds is 5. The zero-order valence-corrected chi connectivity index (χ0v) is 20.6. The summed E-state index contributed by atoms with van der Waals surface area (Å²) in [4.78, 5) is 22.4. The molecule has 0 unspecified atom stereocenters. The second-order valence-electron chi connectivity index (χ2n) is 8.06. The predicted octanol–water partition coefficient (Wildman–Crippen LogP) is 7.45. The van der Waals surface area contributed by atoms with Crippen molar-refractivity contribution in [3.05, 3.63) is 87.9 Å². The molecule has 0 saturated carbocycles. The summed E-state index contributed by atoms with van der Waals surface area (Å²) in [5.41, 5.74) is 7.98. The fourth-order valence-electron chi connectivity index (χ4n) is 3.53. The van der Waals surface area contributed by atoms with Gasteiger partial charge in [0.15, 0.2) is 0 Å². The van der Waals surface area contributed by atoms with Gasteiger partial charge in [0.1, 0.15) is 0 Å². The van der Waals surface area contributed by atoms with Crippen LogP contribution in [0.3, 0.4) is 0 Å². The number of aliphatic imine (C=N–C) groups is 2. The molecule has 3 aromatic carbocycles. The number of aryl methyl sites for hydroxylation is 3. The van der Waals surface area contributed by atoms with Gasteiger partial charge in [0, 0.05) is 17.1 Å². The highest BCUT2D eigenvalue weighted by molar-refractivity contribution is 8.14. The number of nitrogens with zero attached hydrogens (tertiary/aromatic N) is 2. The number of hydrogen-bond acceptors (Lipinski definition) is 4. The van der Waals surface area contributed by atoms with Gasteiger partial charge in [-0.2, -0.15) is 0 Å². The number of benzene rings is 3. The van der Waals surface area contributed by atoms with E-state index in [2.05, 4.69) is 38.2 Å². The number of carbonyl (C=O) groups is 1. The van der Waals surface area contributed by atoms with Crippen molar-refractivity contribution < 1.29 is 4.79 Å². The summed E-state index contributed by atoms with van der Waals surface area (Å²) in [5.74, 6) is 0.226. The van der Waals surface area contributed by atoms with E-state index < -0.39 is 0 Å². The van der Waals surface area contributed by atoms with Gasteiger partial charge in [-0.1, -0.05) is 42.8 Å². The molecule has 1 N–H and O–H groups in total. The molecule has 1 aliphatic rings. The molecule has 1 aliphatic heterocycles. The van der Waals surface area contributed by atoms with Crippen molar-refractivity contribution in [3.8, 4) is 0 Å². The van der Waals surface area contributed by atoms with Crippen LogP contribution in [0.1, 0.15) is 35.6 Å². The topological polar surface area (TPSA) is 53.8 Å². The standard InChI is InChI=1S/C27H26ClN3OS/c1-4-19-5-11-22(12-6-19)29-26(32)16-33-27-15-23(20-7-9-21(28)10-8-20)30-24-13-17(2)18(3)14-25(24)31-27/h5-14H,4,15-16H2,1-3H3,(H,29,32). The number of nitrogens with one attached hydrogen (secondary N) is 1. The van der Waals surface area contributed by atoms with E-state index in [1.807, 2.05) is 48.5 Å². The average molecular weight is 476 g/mol. The minimum Gasteiger partial charge on any atom is -0.325 e. The van der Waals surface area contributed by atoms with Crippen LogP contribution >= 0.6 is 23.4 Å². The lowest BCUT2D eigenvalue weighted by molar-refractivity contribution is -0.113. The second-order valence-corrected chi connectivity index (χ2v) is 9.55. The van der Waals surface area contributed by atoms with Crippen LogP contribution in [-0.2, 0) is 11.2 Å². The summed E-state index contributed by atoms with van der Waals surface area (Å²) in [6.45, 7) is 6.26. The Labute approximate surface area is 204 Å². The first-order chi connectivity index (χ1) is 15.9. The first-order valence-electron chi connectivity index (χ1n) is 10.9. The van der Waals surface area contributed by atoms with Gasteiger partial charge >= 0.3 is 0 Å². The summed E-state index contributed by atoms with van der Waals surface area (Å²) in [5, 5.41) is 4.52. The second kappa shape index (κ2) is 10.4. The fraction of sp³-hybridized carbons (Fsp3) is 0.222. The number of thioether (sulfide) groups is 1. The zero-order valence-electron chi connectivity index (χ0n) is 19.0. The molecule has 4 rings (SSSR count). The Morgan fingerprint density at radius 2 is 1.61 bits per heavy atom. The molecule has 0 aromatic heterocycles. The molecule has 6 heteroatoms. The van der Waals surface area contributed by atoms with Crippen molar-refractivity contribution in [1.29, 1.82) is 0 Å². The van der Waals surface area contributed by atoms with E-state index in [-0.39, 0.29) is 11.7 Å². The summed E-state index contributed by atoms with van der Waals surface area (Å²) in [7, 11) is 0. The molecule has 0 aliphatic carbocycles. The van der Waals surface area contributed by atoms with Crippen molar-refractivity contribution in [2.24, 2.45) is 9.98 Å². The van der Waals surface area contributed by atoms with Crippen LogP contribution in [-0.4, -0.2) is 22.4 Å². The van der Waals surface area contributed by atoms with E-state index in [1.54, 1.807) is 0 Å². The van der Waals surface area contributed by atoms with Crippen molar-refractivity contribution in [3.63, 3.8) is 0 Å². The first-order valence-corrected chi connectivity index (χ1v) is 12.3. The third-order valence-corrected chi connectivity index (χ3v) is 6.83. The van der Waals surface area contributed by atoms with Crippen LogP contribution in [0.2, 0.25) is 5.02 Å². The highest BCUT2D eigenvalue weighted by Crippen LogP contribution is 2.36. The van der Waals surface area contributed by atoms with E-state index in [9.17, 15) is 4.79 Å². The Morgan fingerprint density at radius 1 is 0.970 bits per heavy atom. The number of halogens is 1.